The minimum atomic E-state index is -0.251. The first-order valence-electron chi connectivity index (χ1n) is 11.8. The lowest BCUT2D eigenvalue weighted by molar-refractivity contribution is -0.119. The molecule has 0 unspecified atom stereocenters. The second-order valence-electron chi connectivity index (χ2n) is 8.72. The van der Waals surface area contributed by atoms with Crippen LogP contribution in [0.3, 0.4) is 0 Å². The molecule has 1 saturated heterocycles. The average molecular weight is 464 g/mol. The van der Waals surface area contributed by atoms with Crippen LogP contribution in [0, 0.1) is 0 Å². The molecule has 0 spiro atoms. The van der Waals surface area contributed by atoms with Crippen LogP contribution in [0.1, 0.15) is 24.2 Å². The van der Waals surface area contributed by atoms with E-state index in [1.807, 2.05) is 18.2 Å². The first-order chi connectivity index (χ1) is 16.6. The highest BCUT2D eigenvalue weighted by atomic mass is 16.5. The molecule has 2 N–H and O–H groups in total. The third-order valence-electron chi connectivity index (χ3n) is 6.22. The monoisotopic (exact) mass is 463 g/mol. The van der Waals surface area contributed by atoms with Crippen LogP contribution in [0.4, 0.5) is 11.4 Å². The third-order valence-corrected chi connectivity index (χ3v) is 6.22. The van der Waals surface area contributed by atoms with E-state index >= 15 is 0 Å². The maximum atomic E-state index is 12.4. The van der Waals surface area contributed by atoms with Gasteiger partial charge in [-0.1, -0.05) is 0 Å². The minimum Gasteiger partial charge on any atom is -0.484 e. The SMILES string of the molecule is O=C(COc1ccc2oc3c(c2c1)CCCC3)Nc1ccc(NC(=O)CN2CCOCC2)cc1. The van der Waals surface area contributed by atoms with Gasteiger partial charge in [0.15, 0.2) is 6.61 Å². The Labute approximate surface area is 198 Å². The summed E-state index contributed by atoms with van der Waals surface area (Å²) in [5.41, 5.74) is 3.47. The first kappa shape index (κ1) is 22.4. The molecule has 3 aromatic rings. The van der Waals surface area contributed by atoms with Crippen molar-refractivity contribution in [2.45, 2.75) is 25.7 Å². The predicted octanol–water partition coefficient (Wildman–Crippen LogP) is 3.60. The molecule has 34 heavy (non-hydrogen) atoms. The molecular formula is C26H29N3O5. The van der Waals surface area contributed by atoms with Gasteiger partial charge in [0.2, 0.25) is 5.91 Å². The van der Waals surface area contributed by atoms with Gasteiger partial charge in [0.25, 0.3) is 5.91 Å². The second kappa shape index (κ2) is 10.3. The Morgan fingerprint density at radius 1 is 0.912 bits per heavy atom. The van der Waals surface area contributed by atoms with Crippen molar-refractivity contribution >= 4 is 34.2 Å². The Morgan fingerprint density at radius 3 is 2.38 bits per heavy atom. The molecule has 0 radical (unpaired) electrons. The highest BCUT2D eigenvalue weighted by molar-refractivity contribution is 5.94. The number of amides is 2. The highest BCUT2D eigenvalue weighted by Gasteiger charge is 2.18. The van der Waals surface area contributed by atoms with E-state index in [2.05, 4.69) is 15.5 Å². The predicted molar refractivity (Wildman–Crippen MR) is 129 cm³/mol. The number of nitrogens with one attached hydrogen (secondary N) is 2. The lowest BCUT2D eigenvalue weighted by atomic mass is 9.96. The molecule has 1 aromatic heterocycles. The Morgan fingerprint density at radius 2 is 1.62 bits per heavy atom. The van der Waals surface area contributed by atoms with Crippen LogP contribution in [-0.2, 0) is 27.2 Å². The van der Waals surface area contributed by atoms with E-state index in [0.717, 1.165) is 49.1 Å². The van der Waals surface area contributed by atoms with E-state index in [-0.39, 0.29) is 18.4 Å². The summed E-state index contributed by atoms with van der Waals surface area (Å²) in [6, 6.07) is 12.8. The summed E-state index contributed by atoms with van der Waals surface area (Å²) < 4.78 is 17.0. The van der Waals surface area contributed by atoms with Gasteiger partial charge >= 0.3 is 0 Å². The Bertz CT molecular complexity index is 1170. The van der Waals surface area contributed by atoms with Gasteiger partial charge in [0, 0.05) is 41.8 Å². The molecule has 5 rings (SSSR count). The fraction of sp³-hybridized carbons (Fsp3) is 0.385. The molecule has 2 aliphatic rings. The molecule has 1 aliphatic heterocycles. The van der Waals surface area contributed by atoms with E-state index in [1.54, 1.807) is 24.3 Å². The van der Waals surface area contributed by atoms with Gasteiger partial charge in [-0.2, -0.15) is 0 Å². The van der Waals surface area contributed by atoms with Crippen LogP contribution in [0.15, 0.2) is 46.9 Å². The van der Waals surface area contributed by atoms with Crippen LogP contribution in [0.25, 0.3) is 11.0 Å². The Kier molecular flexibility index (Phi) is 6.78. The van der Waals surface area contributed by atoms with Gasteiger partial charge in [0.1, 0.15) is 17.1 Å². The summed E-state index contributed by atoms with van der Waals surface area (Å²) in [5, 5.41) is 6.79. The number of rotatable bonds is 7. The van der Waals surface area contributed by atoms with Crippen molar-refractivity contribution in [2.75, 3.05) is 50.1 Å². The van der Waals surface area contributed by atoms with E-state index in [0.29, 0.717) is 36.9 Å². The number of hydrogen-bond donors (Lipinski definition) is 2. The number of fused-ring (bicyclic) bond motifs is 3. The minimum absolute atomic E-state index is 0.0667. The number of carbonyl (C=O) groups excluding carboxylic acids is 2. The quantitative estimate of drug-likeness (QED) is 0.556. The molecule has 0 atom stereocenters. The van der Waals surface area contributed by atoms with Crippen LogP contribution in [0.2, 0.25) is 0 Å². The highest BCUT2D eigenvalue weighted by Crippen LogP contribution is 2.33. The van der Waals surface area contributed by atoms with Crippen LogP contribution in [0.5, 0.6) is 5.75 Å². The van der Waals surface area contributed by atoms with Crippen molar-refractivity contribution in [2.24, 2.45) is 0 Å². The summed E-state index contributed by atoms with van der Waals surface area (Å²) in [6.45, 7) is 3.09. The van der Waals surface area contributed by atoms with Crippen LogP contribution < -0.4 is 15.4 Å². The number of aryl methyl sites for hydroxylation is 2. The fourth-order valence-corrected chi connectivity index (χ4v) is 4.48. The fourth-order valence-electron chi connectivity index (χ4n) is 4.48. The molecule has 2 amide bonds. The molecule has 1 fully saturated rings. The standard InChI is InChI=1S/C26H29N3O5/c30-25(16-29-11-13-32-14-12-29)27-18-5-7-19(8-6-18)28-26(31)17-33-20-9-10-24-22(15-20)21-3-1-2-4-23(21)34-24/h5-10,15H,1-4,11-14,16-17H2,(H,27,30)(H,28,31). The molecule has 2 aromatic carbocycles. The van der Waals surface area contributed by atoms with E-state index in [1.165, 1.54) is 12.0 Å². The topological polar surface area (TPSA) is 93.0 Å². The zero-order chi connectivity index (χ0) is 23.3. The number of morpholine rings is 1. The molecule has 8 nitrogen and oxygen atoms in total. The van der Waals surface area contributed by atoms with Crippen molar-refractivity contribution in [3.8, 4) is 5.75 Å². The summed E-state index contributed by atoms with van der Waals surface area (Å²) in [7, 11) is 0. The number of hydrogen-bond acceptors (Lipinski definition) is 6. The van der Waals surface area contributed by atoms with Crippen LogP contribution in [-0.4, -0.2) is 56.2 Å². The van der Waals surface area contributed by atoms with Gasteiger partial charge in [-0.25, -0.2) is 0 Å². The molecule has 0 bridgehead atoms. The third kappa shape index (κ3) is 5.40. The summed E-state index contributed by atoms with van der Waals surface area (Å²) >= 11 is 0. The number of ether oxygens (including phenoxy) is 2. The largest absolute Gasteiger partial charge is 0.484 e. The molecule has 178 valence electrons. The number of anilines is 2. The van der Waals surface area contributed by atoms with Crippen LogP contribution >= 0.6 is 0 Å². The smallest absolute Gasteiger partial charge is 0.262 e. The van der Waals surface area contributed by atoms with E-state index < -0.39 is 0 Å². The average Bonchev–Trinajstić information content (AvgIpc) is 3.22. The van der Waals surface area contributed by atoms with Crippen molar-refractivity contribution in [1.29, 1.82) is 0 Å². The Hall–Kier alpha value is -3.36. The summed E-state index contributed by atoms with van der Waals surface area (Å²) in [4.78, 5) is 26.7. The number of nitrogens with zero attached hydrogens (tertiary/aromatic N) is 1. The Balaban J connectivity index is 1.11. The zero-order valence-electron chi connectivity index (χ0n) is 19.1. The lowest BCUT2D eigenvalue weighted by Crippen LogP contribution is -2.41. The summed E-state index contributed by atoms with van der Waals surface area (Å²) in [6.07, 6.45) is 4.35. The van der Waals surface area contributed by atoms with Gasteiger partial charge in [-0.3, -0.25) is 14.5 Å². The van der Waals surface area contributed by atoms with Crippen molar-refractivity contribution in [3.05, 3.63) is 53.8 Å². The van der Waals surface area contributed by atoms with Gasteiger partial charge in [-0.05, 0) is 61.7 Å². The van der Waals surface area contributed by atoms with Gasteiger partial charge in [0.05, 0.1) is 19.8 Å². The van der Waals surface area contributed by atoms with Crippen molar-refractivity contribution in [1.82, 2.24) is 4.90 Å². The zero-order valence-corrected chi connectivity index (χ0v) is 19.1. The second-order valence-corrected chi connectivity index (χ2v) is 8.72. The van der Waals surface area contributed by atoms with Crippen molar-refractivity contribution in [3.63, 3.8) is 0 Å². The molecule has 0 saturated carbocycles. The number of furan rings is 1. The molecule has 2 heterocycles. The molecule has 1 aliphatic carbocycles. The molecular weight excluding hydrogens is 434 g/mol. The summed E-state index contributed by atoms with van der Waals surface area (Å²) in [5.74, 6) is 1.41. The van der Waals surface area contributed by atoms with Crippen molar-refractivity contribution < 1.29 is 23.5 Å². The van der Waals surface area contributed by atoms with E-state index in [4.69, 9.17) is 13.9 Å². The maximum absolute atomic E-state index is 12.4. The van der Waals surface area contributed by atoms with E-state index in [9.17, 15) is 9.59 Å². The number of carbonyl (C=O) groups is 2. The lowest BCUT2D eigenvalue weighted by Gasteiger charge is -2.25. The molecule has 8 heteroatoms. The van der Waals surface area contributed by atoms with Gasteiger partial charge < -0.3 is 24.5 Å². The maximum Gasteiger partial charge on any atom is 0.262 e. The van der Waals surface area contributed by atoms with Gasteiger partial charge in [-0.15, -0.1) is 0 Å². The normalized spacial score (nSPS) is 16.1. The number of benzene rings is 2. The first-order valence-corrected chi connectivity index (χ1v) is 11.8.